The predicted molar refractivity (Wildman–Crippen MR) is 76.0 cm³/mol. The molecule has 1 fully saturated rings. The summed E-state index contributed by atoms with van der Waals surface area (Å²) in [5, 5.41) is 4.09. The Morgan fingerprint density at radius 2 is 2.10 bits per heavy atom. The number of nitrogens with two attached hydrogens (primary N) is 1. The van der Waals surface area contributed by atoms with Crippen molar-refractivity contribution in [2.24, 2.45) is 11.7 Å². The van der Waals surface area contributed by atoms with Crippen molar-refractivity contribution >= 4 is 0 Å². The summed E-state index contributed by atoms with van der Waals surface area (Å²) in [6.45, 7) is 2.79. The highest BCUT2D eigenvalue weighted by Crippen LogP contribution is 2.35. The van der Waals surface area contributed by atoms with Gasteiger partial charge in [-0.05, 0) is 56.7 Å². The van der Waals surface area contributed by atoms with Gasteiger partial charge in [0.05, 0.1) is 0 Å². The molecule has 2 N–H and O–H groups in total. The van der Waals surface area contributed by atoms with Crippen molar-refractivity contribution in [3.05, 3.63) is 29.8 Å². The molecule has 0 aliphatic heterocycles. The molecule has 0 spiro atoms. The Morgan fingerprint density at radius 3 is 2.80 bits per heavy atom. The number of pyridine rings is 1. The average Bonchev–Trinajstić information content (AvgIpc) is 2.97. The van der Waals surface area contributed by atoms with E-state index < -0.39 is 0 Å². The summed E-state index contributed by atoms with van der Waals surface area (Å²) in [7, 11) is 0. The largest absolute Gasteiger partial charge is 0.339 e. The minimum absolute atomic E-state index is 0.378. The SMILES string of the molecule is Cc1cccnc1-c1noc(C2CCC(CN)CC2)n1. The molecule has 1 aliphatic carbocycles. The van der Waals surface area contributed by atoms with Crippen LogP contribution in [0.1, 0.15) is 43.1 Å². The second kappa shape index (κ2) is 5.71. The van der Waals surface area contributed by atoms with Gasteiger partial charge in [-0.15, -0.1) is 0 Å². The monoisotopic (exact) mass is 272 g/mol. The number of aryl methyl sites for hydroxylation is 1. The number of aromatic nitrogens is 3. The van der Waals surface area contributed by atoms with E-state index in [0.717, 1.165) is 49.4 Å². The molecule has 2 aromatic rings. The van der Waals surface area contributed by atoms with Crippen LogP contribution < -0.4 is 5.73 Å². The van der Waals surface area contributed by atoms with Gasteiger partial charge in [-0.3, -0.25) is 4.98 Å². The van der Waals surface area contributed by atoms with E-state index in [0.29, 0.717) is 17.7 Å². The molecule has 3 rings (SSSR count). The first-order valence-electron chi connectivity index (χ1n) is 7.23. The second-order valence-corrected chi connectivity index (χ2v) is 5.58. The van der Waals surface area contributed by atoms with Crippen molar-refractivity contribution in [3.8, 4) is 11.5 Å². The quantitative estimate of drug-likeness (QED) is 0.929. The molecule has 5 nitrogen and oxygen atoms in total. The van der Waals surface area contributed by atoms with E-state index in [1.54, 1.807) is 6.20 Å². The Labute approximate surface area is 118 Å². The van der Waals surface area contributed by atoms with Crippen LogP contribution in [0, 0.1) is 12.8 Å². The molecule has 2 heterocycles. The Hall–Kier alpha value is -1.75. The van der Waals surface area contributed by atoms with Gasteiger partial charge < -0.3 is 10.3 Å². The van der Waals surface area contributed by atoms with E-state index in [2.05, 4.69) is 15.1 Å². The molecule has 2 aromatic heterocycles. The van der Waals surface area contributed by atoms with Crippen LogP contribution in [0.2, 0.25) is 0 Å². The Bertz CT molecular complexity index is 573. The van der Waals surface area contributed by atoms with Gasteiger partial charge in [-0.2, -0.15) is 4.98 Å². The van der Waals surface area contributed by atoms with E-state index in [9.17, 15) is 0 Å². The summed E-state index contributed by atoms with van der Waals surface area (Å²) in [6, 6.07) is 3.92. The van der Waals surface area contributed by atoms with Gasteiger partial charge in [0.1, 0.15) is 5.69 Å². The van der Waals surface area contributed by atoms with E-state index in [-0.39, 0.29) is 0 Å². The van der Waals surface area contributed by atoms with Crippen molar-refractivity contribution in [3.63, 3.8) is 0 Å². The lowest BCUT2D eigenvalue weighted by atomic mass is 9.82. The summed E-state index contributed by atoms with van der Waals surface area (Å²) in [6.07, 6.45) is 6.24. The molecule has 106 valence electrons. The van der Waals surface area contributed by atoms with E-state index in [1.165, 1.54) is 0 Å². The van der Waals surface area contributed by atoms with Crippen LogP contribution in [0.4, 0.5) is 0 Å². The van der Waals surface area contributed by atoms with Crippen molar-refractivity contribution in [1.82, 2.24) is 15.1 Å². The van der Waals surface area contributed by atoms with Crippen LogP contribution in [-0.2, 0) is 0 Å². The zero-order valence-corrected chi connectivity index (χ0v) is 11.7. The third-order valence-electron chi connectivity index (χ3n) is 4.19. The van der Waals surface area contributed by atoms with Crippen LogP contribution >= 0.6 is 0 Å². The Balaban J connectivity index is 1.76. The summed E-state index contributed by atoms with van der Waals surface area (Å²) in [4.78, 5) is 8.88. The Morgan fingerprint density at radius 1 is 1.30 bits per heavy atom. The van der Waals surface area contributed by atoms with Gasteiger partial charge >= 0.3 is 0 Å². The fraction of sp³-hybridized carbons (Fsp3) is 0.533. The number of rotatable bonds is 3. The molecule has 20 heavy (non-hydrogen) atoms. The smallest absolute Gasteiger partial charge is 0.230 e. The lowest BCUT2D eigenvalue weighted by molar-refractivity contribution is 0.275. The summed E-state index contributed by atoms with van der Waals surface area (Å²) >= 11 is 0. The standard InChI is InChI=1S/C15H20N4O/c1-10-3-2-8-17-13(10)14-18-15(20-19-14)12-6-4-11(9-16)5-7-12/h2-3,8,11-12H,4-7,9,16H2,1H3. The highest BCUT2D eigenvalue weighted by molar-refractivity contribution is 5.53. The zero-order chi connectivity index (χ0) is 13.9. The first kappa shape index (κ1) is 13.2. The minimum Gasteiger partial charge on any atom is -0.339 e. The molecule has 0 atom stereocenters. The van der Waals surface area contributed by atoms with Crippen LogP contribution in [0.3, 0.4) is 0 Å². The molecule has 0 radical (unpaired) electrons. The molecule has 0 unspecified atom stereocenters. The van der Waals surface area contributed by atoms with E-state index in [1.807, 2.05) is 19.1 Å². The maximum absolute atomic E-state index is 5.72. The summed E-state index contributed by atoms with van der Waals surface area (Å²) in [5.41, 5.74) is 7.59. The van der Waals surface area contributed by atoms with Crippen molar-refractivity contribution in [2.45, 2.75) is 38.5 Å². The summed E-state index contributed by atoms with van der Waals surface area (Å²) in [5.74, 6) is 2.38. The molecular weight excluding hydrogens is 252 g/mol. The Kier molecular flexibility index (Phi) is 3.78. The second-order valence-electron chi connectivity index (χ2n) is 5.58. The van der Waals surface area contributed by atoms with Crippen molar-refractivity contribution in [1.29, 1.82) is 0 Å². The highest BCUT2D eigenvalue weighted by atomic mass is 16.5. The molecular formula is C15H20N4O. The van der Waals surface area contributed by atoms with Gasteiger partial charge in [0.15, 0.2) is 0 Å². The van der Waals surface area contributed by atoms with E-state index >= 15 is 0 Å². The number of hydrogen-bond acceptors (Lipinski definition) is 5. The van der Waals surface area contributed by atoms with Crippen LogP contribution in [0.5, 0.6) is 0 Å². The van der Waals surface area contributed by atoms with Gasteiger partial charge in [0, 0.05) is 12.1 Å². The van der Waals surface area contributed by atoms with Crippen molar-refractivity contribution < 1.29 is 4.52 Å². The normalized spacial score (nSPS) is 22.9. The predicted octanol–water partition coefficient (Wildman–Crippen LogP) is 2.67. The van der Waals surface area contributed by atoms with Gasteiger partial charge in [-0.1, -0.05) is 11.2 Å². The van der Waals surface area contributed by atoms with Crippen LogP contribution in [0.25, 0.3) is 11.5 Å². The van der Waals surface area contributed by atoms with Crippen molar-refractivity contribution in [2.75, 3.05) is 6.54 Å². The number of nitrogens with zero attached hydrogens (tertiary/aromatic N) is 3. The maximum atomic E-state index is 5.72. The molecule has 1 aliphatic rings. The topological polar surface area (TPSA) is 77.8 Å². The maximum Gasteiger partial charge on any atom is 0.230 e. The van der Waals surface area contributed by atoms with Gasteiger partial charge in [-0.25, -0.2) is 0 Å². The first-order valence-corrected chi connectivity index (χ1v) is 7.23. The van der Waals surface area contributed by atoms with Gasteiger partial charge in [0.2, 0.25) is 11.7 Å². The molecule has 0 saturated heterocycles. The fourth-order valence-electron chi connectivity index (χ4n) is 2.86. The van der Waals surface area contributed by atoms with E-state index in [4.69, 9.17) is 10.3 Å². The zero-order valence-electron chi connectivity index (χ0n) is 11.7. The molecule has 0 bridgehead atoms. The molecule has 0 amide bonds. The number of hydrogen-bond donors (Lipinski definition) is 1. The molecule has 1 saturated carbocycles. The summed E-state index contributed by atoms with van der Waals surface area (Å²) < 4.78 is 5.45. The molecule has 0 aromatic carbocycles. The van der Waals surface area contributed by atoms with Crippen LogP contribution in [-0.4, -0.2) is 21.7 Å². The van der Waals surface area contributed by atoms with Crippen LogP contribution in [0.15, 0.2) is 22.9 Å². The highest BCUT2D eigenvalue weighted by Gasteiger charge is 2.26. The molecule has 5 heteroatoms. The third kappa shape index (κ3) is 2.58. The lowest BCUT2D eigenvalue weighted by Gasteiger charge is -2.24. The lowest BCUT2D eigenvalue weighted by Crippen LogP contribution is -2.20. The van der Waals surface area contributed by atoms with Gasteiger partial charge in [0.25, 0.3) is 0 Å². The third-order valence-corrected chi connectivity index (χ3v) is 4.19. The fourth-order valence-corrected chi connectivity index (χ4v) is 2.86. The first-order chi connectivity index (χ1) is 9.78. The minimum atomic E-state index is 0.378. The average molecular weight is 272 g/mol.